The van der Waals surface area contributed by atoms with E-state index < -0.39 is 0 Å². The van der Waals surface area contributed by atoms with Crippen LogP contribution in [-0.4, -0.2) is 5.91 Å². The normalized spacial score (nSPS) is 12.2. The molecule has 0 spiro atoms. The van der Waals surface area contributed by atoms with Gasteiger partial charge in [0, 0.05) is 0 Å². The van der Waals surface area contributed by atoms with Gasteiger partial charge in [0.25, 0.3) is 0 Å². The number of amides is 1. The monoisotopic (exact) mass is 299 g/mol. The Morgan fingerprint density at radius 2 is 1.68 bits per heavy atom. The largest absolute Gasteiger partial charge is 0.349 e. The highest BCUT2D eigenvalue weighted by Gasteiger charge is 2.11. The smallest absolute Gasteiger partial charge is 0.224 e. The van der Waals surface area contributed by atoms with E-state index in [0.717, 1.165) is 5.56 Å². The van der Waals surface area contributed by atoms with Crippen molar-refractivity contribution in [1.82, 2.24) is 5.32 Å². The number of nitrogens with one attached hydrogen (secondary N) is 1. The van der Waals surface area contributed by atoms with Crippen molar-refractivity contribution in [3.8, 4) is 0 Å². The SMILES string of the molecule is CC(C)c1ccc(C(C)NC(=O)Cc2cccc(F)c2)cc1. The van der Waals surface area contributed by atoms with E-state index in [4.69, 9.17) is 0 Å². The number of carbonyl (C=O) groups excluding carboxylic acids is 1. The van der Waals surface area contributed by atoms with E-state index in [2.05, 4.69) is 31.3 Å². The lowest BCUT2D eigenvalue weighted by molar-refractivity contribution is -0.121. The molecule has 0 aromatic heterocycles. The van der Waals surface area contributed by atoms with Crippen LogP contribution < -0.4 is 5.32 Å². The highest BCUT2D eigenvalue weighted by molar-refractivity contribution is 5.79. The Morgan fingerprint density at radius 1 is 1.05 bits per heavy atom. The molecule has 1 unspecified atom stereocenters. The lowest BCUT2D eigenvalue weighted by Gasteiger charge is -2.15. The Kier molecular flexibility index (Phi) is 5.31. The maximum atomic E-state index is 13.1. The molecule has 0 aliphatic carbocycles. The molecule has 2 aromatic carbocycles. The van der Waals surface area contributed by atoms with Gasteiger partial charge in [-0.05, 0) is 41.7 Å². The molecule has 22 heavy (non-hydrogen) atoms. The van der Waals surface area contributed by atoms with E-state index in [1.165, 1.54) is 17.7 Å². The molecule has 0 aliphatic rings. The van der Waals surface area contributed by atoms with Crippen molar-refractivity contribution in [2.45, 2.75) is 39.2 Å². The Morgan fingerprint density at radius 3 is 2.27 bits per heavy atom. The van der Waals surface area contributed by atoms with Crippen molar-refractivity contribution in [1.29, 1.82) is 0 Å². The highest BCUT2D eigenvalue weighted by Crippen LogP contribution is 2.18. The molecule has 0 heterocycles. The molecule has 116 valence electrons. The first-order valence-electron chi connectivity index (χ1n) is 7.59. The summed E-state index contributed by atoms with van der Waals surface area (Å²) in [6.07, 6.45) is 0.187. The molecule has 0 bridgehead atoms. The third-order valence-corrected chi connectivity index (χ3v) is 3.73. The summed E-state index contributed by atoms with van der Waals surface area (Å²) in [6.45, 7) is 6.26. The van der Waals surface area contributed by atoms with Crippen molar-refractivity contribution in [2.75, 3.05) is 0 Å². The lowest BCUT2D eigenvalue weighted by Crippen LogP contribution is -2.28. The maximum absolute atomic E-state index is 13.1. The van der Waals surface area contributed by atoms with Crippen molar-refractivity contribution in [3.63, 3.8) is 0 Å². The zero-order chi connectivity index (χ0) is 16.1. The Balaban J connectivity index is 1.96. The molecule has 0 saturated heterocycles. The van der Waals surface area contributed by atoms with Gasteiger partial charge in [0.05, 0.1) is 12.5 Å². The average Bonchev–Trinajstić information content (AvgIpc) is 2.47. The Labute approximate surface area is 131 Å². The van der Waals surface area contributed by atoms with Gasteiger partial charge in [0.15, 0.2) is 0 Å². The zero-order valence-electron chi connectivity index (χ0n) is 13.3. The van der Waals surface area contributed by atoms with E-state index in [-0.39, 0.29) is 24.2 Å². The van der Waals surface area contributed by atoms with Crippen LogP contribution in [0.15, 0.2) is 48.5 Å². The number of rotatable bonds is 5. The minimum absolute atomic E-state index is 0.0673. The number of hydrogen-bond acceptors (Lipinski definition) is 1. The van der Waals surface area contributed by atoms with Crippen molar-refractivity contribution in [2.24, 2.45) is 0 Å². The molecule has 2 aromatic rings. The quantitative estimate of drug-likeness (QED) is 0.872. The van der Waals surface area contributed by atoms with Gasteiger partial charge < -0.3 is 5.32 Å². The molecule has 1 amide bonds. The van der Waals surface area contributed by atoms with E-state index >= 15 is 0 Å². The van der Waals surface area contributed by atoms with Gasteiger partial charge >= 0.3 is 0 Å². The summed E-state index contributed by atoms with van der Waals surface area (Å²) in [5, 5.41) is 2.95. The predicted octanol–water partition coefficient (Wildman–Crippen LogP) is 4.37. The zero-order valence-corrected chi connectivity index (χ0v) is 13.3. The van der Waals surface area contributed by atoms with Crippen LogP contribution in [0.1, 0.15) is 49.4 Å². The second-order valence-electron chi connectivity index (χ2n) is 5.92. The van der Waals surface area contributed by atoms with Crippen molar-refractivity contribution in [3.05, 3.63) is 71.0 Å². The Hall–Kier alpha value is -2.16. The number of benzene rings is 2. The van der Waals surface area contributed by atoms with Gasteiger partial charge in [-0.1, -0.05) is 50.2 Å². The van der Waals surface area contributed by atoms with E-state index in [9.17, 15) is 9.18 Å². The molecule has 0 fully saturated rings. The minimum Gasteiger partial charge on any atom is -0.349 e. The highest BCUT2D eigenvalue weighted by atomic mass is 19.1. The summed E-state index contributed by atoms with van der Waals surface area (Å²) in [5.41, 5.74) is 3.03. The summed E-state index contributed by atoms with van der Waals surface area (Å²) in [6, 6.07) is 14.3. The standard InChI is InChI=1S/C19H22FNO/c1-13(2)16-7-9-17(10-8-16)14(3)21-19(22)12-15-5-4-6-18(20)11-15/h4-11,13-14H,12H2,1-3H3,(H,21,22). The van der Waals surface area contributed by atoms with E-state index in [0.29, 0.717) is 11.5 Å². The third-order valence-electron chi connectivity index (χ3n) is 3.73. The summed E-state index contributed by atoms with van der Waals surface area (Å²) in [7, 11) is 0. The van der Waals surface area contributed by atoms with Gasteiger partial charge in [0.1, 0.15) is 5.82 Å². The van der Waals surface area contributed by atoms with Crippen LogP contribution in [0.4, 0.5) is 4.39 Å². The van der Waals surface area contributed by atoms with Crippen LogP contribution in [0.3, 0.4) is 0 Å². The molecule has 1 N–H and O–H groups in total. The molecular formula is C19H22FNO. The average molecular weight is 299 g/mol. The summed E-state index contributed by atoms with van der Waals surface area (Å²) in [4.78, 5) is 12.0. The topological polar surface area (TPSA) is 29.1 Å². The Bertz CT molecular complexity index is 634. The van der Waals surface area contributed by atoms with Gasteiger partial charge in [0.2, 0.25) is 5.91 Å². The second kappa shape index (κ2) is 7.21. The number of hydrogen-bond donors (Lipinski definition) is 1. The minimum atomic E-state index is -0.317. The van der Waals surface area contributed by atoms with Crippen LogP contribution in [0.2, 0.25) is 0 Å². The maximum Gasteiger partial charge on any atom is 0.224 e. The lowest BCUT2D eigenvalue weighted by atomic mass is 9.99. The van der Waals surface area contributed by atoms with Crippen molar-refractivity contribution < 1.29 is 9.18 Å². The molecule has 3 heteroatoms. The number of halogens is 1. The molecule has 2 rings (SSSR count). The molecule has 0 saturated carbocycles. The molecule has 2 nitrogen and oxygen atoms in total. The van der Waals surface area contributed by atoms with Crippen LogP contribution >= 0.6 is 0 Å². The van der Waals surface area contributed by atoms with Crippen LogP contribution in [0.5, 0.6) is 0 Å². The molecule has 0 aliphatic heterocycles. The van der Waals surface area contributed by atoms with Crippen molar-refractivity contribution >= 4 is 5.91 Å². The number of carbonyl (C=O) groups is 1. The fraction of sp³-hybridized carbons (Fsp3) is 0.316. The van der Waals surface area contributed by atoms with Crippen LogP contribution in [0.25, 0.3) is 0 Å². The first-order chi connectivity index (χ1) is 10.5. The van der Waals surface area contributed by atoms with Gasteiger partial charge in [-0.2, -0.15) is 0 Å². The fourth-order valence-corrected chi connectivity index (χ4v) is 2.38. The van der Waals surface area contributed by atoms with Crippen LogP contribution in [-0.2, 0) is 11.2 Å². The van der Waals surface area contributed by atoms with E-state index in [1.54, 1.807) is 12.1 Å². The predicted molar refractivity (Wildman–Crippen MR) is 87.2 cm³/mol. The second-order valence-corrected chi connectivity index (χ2v) is 5.92. The summed E-state index contributed by atoms with van der Waals surface area (Å²) in [5.74, 6) is 0.0700. The first-order valence-corrected chi connectivity index (χ1v) is 7.59. The third kappa shape index (κ3) is 4.42. The summed E-state index contributed by atoms with van der Waals surface area (Å²) >= 11 is 0. The van der Waals surface area contributed by atoms with Gasteiger partial charge in [-0.3, -0.25) is 4.79 Å². The molecule has 0 radical (unpaired) electrons. The van der Waals surface area contributed by atoms with Gasteiger partial charge in [-0.15, -0.1) is 0 Å². The molecular weight excluding hydrogens is 277 g/mol. The fourth-order valence-electron chi connectivity index (χ4n) is 2.38. The van der Waals surface area contributed by atoms with E-state index in [1.807, 2.05) is 19.1 Å². The van der Waals surface area contributed by atoms with Gasteiger partial charge in [-0.25, -0.2) is 4.39 Å². The summed E-state index contributed by atoms with van der Waals surface area (Å²) < 4.78 is 13.1. The molecule has 1 atom stereocenters. The van der Waals surface area contributed by atoms with Crippen LogP contribution in [0, 0.1) is 5.82 Å². The first kappa shape index (κ1) is 16.2.